The van der Waals surface area contributed by atoms with Gasteiger partial charge in [-0.3, -0.25) is 4.79 Å². The van der Waals surface area contributed by atoms with Crippen molar-refractivity contribution in [3.8, 4) is 5.75 Å². The molecule has 0 aliphatic carbocycles. The molecule has 3 heteroatoms. The van der Waals surface area contributed by atoms with Crippen molar-refractivity contribution < 1.29 is 14.6 Å². The second-order valence-corrected chi connectivity index (χ2v) is 7.15. The number of carbonyl (C=O) groups is 1. The maximum absolute atomic E-state index is 11.9. The second kappa shape index (κ2) is 6.50. The molecule has 1 unspecified atom stereocenters. The molecule has 0 amide bonds. The molecule has 0 heterocycles. The lowest BCUT2D eigenvalue weighted by molar-refractivity contribution is -0.151. The molecule has 0 bridgehead atoms. The minimum absolute atomic E-state index is 0.0911. The van der Waals surface area contributed by atoms with Crippen molar-refractivity contribution in [3.05, 3.63) is 28.8 Å². The first-order valence-electron chi connectivity index (χ1n) is 7.55. The quantitative estimate of drug-likeness (QED) is 0.849. The monoisotopic (exact) mass is 292 g/mol. The molecule has 1 rings (SSSR count). The standard InChI is InChI=1S/C18H28O3/c1-11(2)21-17(20)13(4)9-14-8-12(3)16(19)15(10-14)18(5,6)7/h8,10-11,13,19H,9H2,1-7H3. The SMILES string of the molecule is Cc1cc(CC(C)C(=O)OC(C)C)cc(C(C)(C)C)c1O. The summed E-state index contributed by atoms with van der Waals surface area (Å²) in [5.74, 6) is -0.0131. The van der Waals surface area contributed by atoms with Crippen LogP contribution < -0.4 is 0 Å². The van der Waals surface area contributed by atoms with Crippen LogP contribution in [0.4, 0.5) is 0 Å². The summed E-state index contributed by atoms with van der Waals surface area (Å²) in [6.45, 7) is 13.7. The Balaban J connectivity index is 3.00. The van der Waals surface area contributed by atoms with Gasteiger partial charge in [0.1, 0.15) is 5.75 Å². The Morgan fingerprint density at radius 3 is 2.29 bits per heavy atom. The van der Waals surface area contributed by atoms with Gasteiger partial charge in [0, 0.05) is 0 Å². The zero-order valence-electron chi connectivity index (χ0n) is 14.3. The lowest BCUT2D eigenvalue weighted by atomic mass is 9.83. The van der Waals surface area contributed by atoms with E-state index in [-0.39, 0.29) is 23.4 Å². The van der Waals surface area contributed by atoms with E-state index in [2.05, 4.69) is 20.8 Å². The average molecular weight is 292 g/mol. The van der Waals surface area contributed by atoms with Gasteiger partial charge in [0.15, 0.2) is 0 Å². The molecule has 21 heavy (non-hydrogen) atoms. The van der Waals surface area contributed by atoms with Crippen molar-refractivity contribution in [2.24, 2.45) is 5.92 Å². The number of hydrogen-bond donors (Lipinski definition) is 1. The van der Waals surface area contributed by atoms with E-state index in [0.717, 1.165) is 16.7 Å². The molecule has 0 saturated heterocycles. The van der Waals surface area contributed by atoms with Crippen molar-refractivity contribution in [1.29, 1.82) is 0 Å². The maximum atomic E-state index is 11.9. The molecular weight excluding hydrogens is 264 g/mol. The van der Waals surface area contributed by atoms with Crippen LogP contribution in [0.25, 0.3) is 0 Å². The molecule has 3 nitrogen and oxygen atoms in total. The Kier molecular flexibility index (Phi) is 5.43. The minimum atomic E-state index is -0.191. The van der Waals surface area contributed by atoms with Gasteiger partial charge >= 0.3 is 5.97 Å². The molecule has 0 radical (unpaired) electrons. The summed E-state index contributed by atoms with van der Waals surface area (Å²) >= 11 is 0. The summed E-state index contributed by atoms with van der Waals surface area (Å²) in [5, 5.41) is 10.2. The van der Waals surface area contributed by atoms with Gasteiger partial charge in [-0.05, 0) is 49.3 Å². The number of carbonyl (C=O) groups excluding carboxylic acids is 1. The highest BCUT2D eigenvalue weighted by Crippen LogP contribution is 2.34. The Morgan fingerprint density at radius 1 is 1.24 bits per heavy atom. The summed E-state index contributed by atoms with van der Waals surface area (Å²) in [6, 6.07) is 3.95. The zero-order valence-corrected chi connectivity index (χ0v) is 14.3. The first-order chi connectivity index (χ1) is 9.52. The number of ether oxygens (including phenoxy) is 1. The van der Waals surface area contributed by atoms with Gasteiger partial charge in [-0.25, -0.2) is 0 Å². The molecule has 0 aliphatic rings. The Bertz CT molecular complexity index is 510. The molecule has 0 fully saturated rings. The molecule has 118 valence electrons. The van der Waals surface area contributed by atoms with Crippen LogP contribution in [-0.4, -0.2) is 17.2 Å². The average Bonchev–Trinajstić information content (AvgIpc) is 2.31. The van der Waals surface area contributed by atoms with E-state index in [9.17, 15) is 9.90 Å². The third-order valence-electron chi connectivity index (χ3n) is 3.46. The van der Waals surface area contributed by atoms with Gasteiger partial charge in [-0.15, -0.1) is 0 Å². The zero-order chi connectivity index (χ0) is 16.4. The number of phenolic OH excluding ortho intramolecular Hbond substituents is 1. The highest BCUT2D eigenvalue weighted by molar-refractivity contribution is 5.72. The van der Waals surface area contributed by atoms with Crippen LogP contribution in [-0.2, 0) is 21.4 Å². The van der Waals surface area contributed by atoms with E-state index in [1.807, 2.05) is 39.8 Å². The predicted molar refractivity (Wildman–Crippen MR) is 85.6 cm³/mol. The molecule has 1 N–H and O–H groups in total. The Hall–Kier alpha value is -1.51. The summed E-state index contributed by atoms with van der Waals surface area (Å²) in [6.07, 6.45) is 0.530. The number of aromatic hydroxyl groups is 1. The number of rotatable bonds is 4. The molecule has 0 spiro atoms. The Labute approximate surface area is 128 Å². The normalized spacial score (nSPS) is 13.3. The van der Waals surface area contributed by atoms with Gasteiger partial charge in [0.05, 0.1) is 12.0 Å². The van der Waals surface area contributed by atoms with Gasteiger partial charge in [0.25, 0.3) is 0 Å². The Morgan fingerprint density at radius 2 is 1.81 bits per heavy atom. The highest BCUT2D eigenvalue weighted by Gasteiger charge is 2.22. The van der Waals surface area contributed by atoms with Crippen molar-refractivity contribution in [2.75, 3.05) is 0 Å². The van der Waals surface area contributed by atoms with Crippen LogP contribution in [0.15, 0.2) is 12.1 Å². The summed E-state index contributed by atoms with van der Waals surface area (Å²) in [5.41, 5.74) is 2.69. The summed E-state index contributed by atoms with van der Waals surface area (Å²) in [4.78, 5) is 11.9. The third-order valence-corrected chi connectivity index (χ3v) is 3.46. The van der Waals surface area contributed by atoms with Crippen LogP contribution in [0.2, 0.25) is 0 Å². The number of phenols is 1. The maximum Gasteiger partial charge on any atom is 0.309 e. The highest BCUT2D eigenvalue weighted by atomic mass is 16.5. The van der Waals surface area contributed by atoms with Crippen LogP contribution in [0.1, 0.15) is 58.2 Å². The van der Waals surface area contributed by atoms with E-state index in [1.54, 1.807) is 0 Å². The largest absolute Gasteiger partial charge is 0.507 e. The predicted octanol–water partition coefficient (Wildman–Crippen LogP) is 4.13. The van der Waals surface area contributed by atoms with E-state index in [4.69, 9.17) is 4.74 Å². The third kappa shape index (κ3) is 4.76. The van der Waals surface area contributed by atoms with E-state index in [0.29, 0.717) is 12.2 Å². The summed E-state index contributed by atoms with van der Waals surface area (Å²) in [7, 11) is 0. The smallest absolute Gasteiger partial charge is 0.309 e. The fraction of sp³-hybridized carbons (Fsp3) is 0.611. The van der Waals surface area contributed by atoms with E-state index >= 15 is 0 Å². The number of hydrogen-bond acceptors (Lipinski definition) is 3. The van der Waals surface area contributed by atoms with Gasteiger partial charge < -0.3 is 9.84 Å². The van der Waals surface area contributed by atoms with Crippen molar-refractivity contribution in [3.63, 3.8) is 0 Å². The lowest BCUT2D eigenvalue weighted by Gasteiger charge is -2.23. The molecular formula is C18H28O3. The summed E-state index contributed by atoms with van der Waals surface area (Å²) < 4.78 is 5.25. The van der Waals surface area contributed by atoms with Crippen LogP contribution in [0, 0.1) is 12.8 Å². The second-order valence-electron chi connectivity index (χ2n) is 7.15. The van der Waals surface area contributed by atoms with Gasteiger partial charge in [-0.1, -0.05) is 39.8 Å². The van der Waals surface area contributed by atoms with Crippen LogP contribution in [0.3, 0.4) is 0 Å². The topological polar surface area (TPSA) is 46.5 Å². The van der Waals surface area contributed by atoms with E-state index < -0.39 is 0 Å². The minimum Gasteiger partial charge on any atom is -0.507 e. The molecule has 1 aromatic rings. The molecule has 0 aromatic heterocycles. The first-order valence-corrected chi connectivity index (χ1v) is 7.55. The number of esters is 1. The number of aryl methyl sites for hydroxylation is 1. The number of benzene rings is 1. The molecule has 0 saturated carbocycles. The molecule has 0 aliphatic heterocycles. The van der Waals surface area contributed by atoms with Crippen molar-refractivity contribution in [2.45, 2.75) is 66.4 Å². The van der Waals surface area contributed by atoms with Gasteiger partial charge in [0.2, 0.25) is 0 Å². The molecule has 1 atom stereocenters. The van der Waals surface area contributed by atoms with Crippen molar-refractivity contribution in [1.82, 2.24) is 0 Å². The van der Waals surface area contributed by atoms with Gasteiger partial charge in [-0.2, -0.15) is 0 Å². The fourth-order valence-electron chi connectivity index (χ4n) is 2.33. The molecule has 1 aromatic carbocycles. The van der Waals surface area contributed by atoms with Crippen molar-refractivity contribution >= 4 is 5.97 Å². The van der Waals surface area contributed by atoms with Crippen LogP contribution >= 0.6 is 0 Å². The fourth-order valence-corrected chi connectivity index (χ4v) is 2.33. The van der Waals surface area contributed by atoms with Crippen LogP contribution in [0.5, 0.6) is 5.75 Å². The first kappa shape index (κ1) is 17.5. The van der Waals surface area contributed by atoms with E-state index in [1.165, 1.54) is 0 Å². The lowest BCUT2D eigenvalue weighted by Crippen LogP contribution is -2.21.